The number of thiophene rings is 1. The second-order valence-corrected chi connectivity index (χ2v) is 6.81. The highest BCUT2D eigenvalue weighted by Crippen LogP contribution is 2.20. The lowest BCUT2D eigenvalue weighted by molar-refractivity contribution is 0.314. The van der Waals surface area contributed by atoms with Crippen LogP contribution in [0.15, 0.2) is 16.3 Å². The van der Waals surface area contributed by atoms with Gasteiger partial charge < -0.3 is 10.6 Å². The molecule has 0 aromatic carbocycles. The maximum absolute atomic E-state index is 12.0. The van der Waals surface area contributed by atoms with Gasteiger partial charge in [-0.25, -0.2) is 13.1 Å². The van der Waals surface area contributed by atoms with E-state index in [1.54, 1.807) is 11.4 Å². The van der Waals surface area contributed by atoms with E-state index in [0.717, 1.165) is 0 Å². The first-order valence-electron chi connectivity index (χ1n) is 5.31. The molecular formula is C10H19N3O2S2. The van der Waals surface area contributed by atoms with Crippen LogP contribution in [0.1, 0.15) is 11.8 Å². The summed E-state index contributed by atoms with van der Waals surface area (Å²) in [6.45, 7) is 2.59. The molecule has 1 heterocycles. The van der Waals surface area contributed by atoms with Gasteiger partial charge in [-0.3, -0.25) is 0 Å². The van der Waals surface area contributed by atoms with E-state index < -0.39 is 10.0 Å². The number of rotatable bonds is 6. The molecular weight excluding hydrogens is 258 g/mol. The number of nitrogens with zero attached hydrogens (tertiary/aromatic N) is 1. The van der Waals surface area contributed by atoms with E-state index in [-0.39, 0.29) is 12.6 Å². The molecule has 0 saturated carbocycles. The minimum atomic E-state index is -3.43. The Morgan fingerprint density at radius 3 is 2.71 bits per heavy atom. The van der Waals surface area contributed by atoms with Crippen LogP contribution in [0.3, 0.4) is 0 Å². The Hall–Kier alpha value is -0.470. The molecule has 0 fully saturated rings. The second kappa shape index (κ2) is 5.92. The zero-order chi connectivity index (χ0) is 13.1. The zero-order valence-corrected chi connectivity index (χ0v) is 11.9. The van der Waals surface area contributed by atoms with Crippen molar-refractivity contribution in [3.63, 3.8) is 0 Å². The van der Waals surface area contributed by atoms with Crippen LogP contribution in [0, 0.1) is 0 Å². The fraction of sp³-hybridized carbons (Fsp3) is 0.600. The minimum Gasteiger partial charge on any atom is -0.326 e. The molecule has 0 aliphatic carbocycles. The number of hydrogen-bond donors (Lipinski definition) is 2. The number of nitrogens with one attached hydrogen (secondary N) is 1. The molecule has 1 aromatic heterocycles. The van der Waals surface area contributed by atoms with E-state index in [9.17, 15) is 8.42 Å². The Bertz CT molecular complexity index is 454. The maximum atomic E-state index is 12.0. The van der Waals surface area contributed by atoms with Crippen molar-refractivity contribution in [2.24, 2.45) is 5.73 Å². The lowest BCUT2D eigenvalue weighted by Gasteiger charge is -2.19. The molecule has 0 amide bonds. The summed E-state index contributed by atoms with van der Waals surface area (Å²) in [5.74, 6) is 0. The smallest absolute Gasteiger partial charge is 0.241 e. The standard InChI is InChI=1S/C10H19N3O2S2/c1-8(13(2)3)7-12-17(14,15)10-4-5-16-9(10)6-11/h4-5,8,12H,6-7,11H2,1-3H3. The van der Waals surface area contributed by atoms with Crippen LogP contribution in [0.2, 0.25) is 0 Å². The average molecular weight is 277 g/mol. The van der Waals surface area contributed by atoms with E-state index in [0.29, 0.717) is 16.3 Å². The average Bonchev–Trinajstić information content (AvgIpc) is 2.74. The van der Waals surface area contributed by atoms with E-state index >= 15 is 0 Å². The van der Waals surface area contributed by atoms with Gasteiger partial charge in [0.2, 0.25) is 10.0 Å². The van der Waals surface area contributed by atoms with Crippen molar-refractivity contribution in [2.75, 3.05) is 20.6 Å². The molecule has 1 atom stereocenters. The van der Waals surface area contributed by atoms with Gasteiger partial charge in [0.15, 0.2) is 0 Å². The monoisotopic (exact) mass is 277 g/mol. The summed E-state index contributed by atoms with van der Waals surface area (Å²) in [7, 11) is 0.389. The van der Waals surface area contributed by atoms with Gasteiger partial charge in [0, 0.05) is 24.0 Å². The largest absolute Gasteiger partial charge is 0.326 e. The highest BCUT2D eigenvalue weighted by Gasteiger charge is 2.19. The molecule has 1 aromatic rings. The van der Waals surface area contributed by atoms with Crippen molar-refractivity contribution in [3.8, 4) is 0 Å². The lowest BCUT2D eigenvalue weighted by Crippen LogP contribution is -2.38. The zero-order valence-electron chi connectivity index (χ0n) is 10.3. The Balaban J connectivity index is 2.76. The summed E-state index contributed by atoms with van der Waals surface area (Å²) in [4.78, 5) is 2.95. The highest BCUT2D eigenvalue weighted by molar-refractivity contribution is 7.89. The van der Waals surface area contributed by atoms with Crippen LogP contribution in [0.5, 0.6) is 0 Å². The summed E-state index contributed by atoms with van der Waals surface area (Å²) in [5.41, 5.74) is 5.51. The summed E-state index contributed by atoms with van der Waals surface area (Å²) in [6.07, 6.45) is 0. The SMILES string of the molecule is CC(CNS(=O)(=O)c1ccsc1CN)N(C)C. The molecule has 0 bridgehead atoms. The normalized spacial score (nSPS) is 14.2. The third-order valence-corrected chi connectivity index (χ3v) is 5.21. The second-order valence-electron chi connectivity index (χ2n) is 4.08. The summed E-state index contributed by atoms with van der Waals surface area (Å²) in [6, 6.07) is 1.74. The van der Waals surface area contributed by atoms with Gasteiger partial charge in [0.1, 0.15) is 0 Å². The molecule has 17 heavy (non-hydrogen) atoms. The van der Waals surface area contributed by atoms with E-state index in [1.165, 1.54) is 11.3 Å². The van der Waals surface area contributed by atoms with Crippen molar-refractivity contribution in [1.82, 2.24) is 9.62 Å². The quantitative estimate of drug-likeness (QED) is 0.791. The fourth-order valence-corrected chi connectivity index (χ4v) is 3.66. The number of sulfonamides is 1. The predicted molar refractivity (Wildman–Crippen MR) is 70.5 cm³/mol. The van der Waals surface area contributed by atoms with E-state index in [4.69, 9.17) is 5.73 Å². The van der Waals surface area contributed by atoms with Crippen LogP contribution >= 0.6 is 11.3 Å². The third kappa shape index (κ3) is 3.75. The Morgan fingerprint density at radius 1 is 1.53 bits per heavy atom. The summed E-state index contributed by atoms with van der Waals surface area (Å²) in [5, 5.41) is 1.74. The fourth-order valence-electron chi connectivity index (χ4n) is 1.21. The predicted octanol–water partition coefficient (Wildman–Crippen LogP) is 0.435. The maximum Gasteiger partial charge on any atom is 0.241 e. The first-order chi connectivity index (χ1) is 7.88. The topological polar surface area (TPSA) is 75.4 Å². The molecule has 5 nitrogen and oxygen atoms in total. The first kappa shape index (κ1) is 14.6. The van der Waals surface area contributed by atoms with E-state index in [1.807, 2.05) is 25.9 Å². The third-order valence-electron chi connectivity index (χ3n) is 2.63. The van der Waals surface area contributed by atoms with Crippen molar-refractivity contribution in [1.29, 1.82) is 0 Å². The minimum absolute atomic E-state index is 0.143. The van der Waals surface area contributed by atoms with Crippen LogP contribution in [-0.4, -0.2) is 40.0 Å². The summed E-state index contributed by atoms with van der Waals surface area (Å²) < 4.78 is 26.6. The number of likely N-dealkylation sites (N-methyl/N-ethyl adjacent to an activating group) is 1. The molecule has 0 aliphatic heterocycles. The molecule has 3 N–H and O–H groups in total. The number of nitrogens with two attached hydrogens (primary N) is 1. The van der Waals surface area contributed by atoms with Crippen molar-refractivity contribution < 1.29 is 8.42 Å². The molecule has 0 radical (unpaired) electrons. The van der Waals surface area contributed by atoms with Crippen LogP contribution in [0.25, 0.3) is 0 Å². The van der Waals surface area contributed by atoms with Gasteiger partial charge in [-0.15, -0.1) is 11.3 Å². The Kier molecular flexibility index (Phi) is 5.08. The molecule has 1 rings (SSSR count). The Morgan fingerprint density at radius 2 is 2.18 bits per heavy atom. The van der Waals surface area contributed by atoms with Crippen molar-refractivity contribution >= 4 is 21.4 Å². The van der Waals surface area contributed by atoms with Crippen LogP contribution in [-0.2, 0) is 16.6 Å². The Labute approximate surface area is 107 Å². The highest BCUT2D eigenvalue weighted by atomic mass is 32.2. The number of hydrogen-bond acceptors (Lipinski definition) is 5. The molecule has 0 spiro atoms. The first-order valence-corrected chi connectivity index (χ1v) is 7.67. The van der Waals surface area contributed by atoms with Crippen LogP contribution < -0.4 is 10.5 Å². The summed E-state index contributed by atoms with van der Waals surface area (Å²) >= 11 is 1.36. The molecule has 7 heteroatoms. The van der Waals surface area contributed by atoms with Gasteiger partial charge in [0.25, 0.3) is 0 Å². The molecule has 0 aliphatic rings. The molecule has 98 valence electrons. The molecule has 0 saturated heterocycles. The van der Waals surface area contributed by atoms with Gasteiger partial charge in [-0.05, 0) is 32.5 Å². The van der Waals surface area contributed by atoms with Crippen LogP contribution in [0.4, 0.5) is 0 Å². The van der Waals surface area contributed by atoms with E-state index in [2.05, 4.69) is 4.72 Å². The lowest BCUT2D eigenvalue weighted by atomic mass is 10.3. The molecule has 1 unspecified atom stereocenters. The van der Waals surface area contributed by atoms with Gasteiger partial charge >= 0.3 is 0 Å². The van der Waals surface area contributed by atoms with Gasteiger partial charge in [-0.2, -0.15) is 0 Å². The van der Waals surface area contributed by atoms with Crippen molar-refractivity contribution in [2.45, 2.75) is 24.4 Å². The van der Waals surface area contributed by atoms with Crippen molar-refractivity contribution in [3.05, 3.63) is 16.3 Å². The van der Waals surface area contributed by atoms with Gasteiger partial charge in [-0.1, -0.05) is 0 Å². The van der Waals surface area contributed by atoms with Gasteiger partial charge in [0.05, 0.1) is 4.90 Å².